The fourth-order valence-corrected chi connectivity index (χ4v) is 1.64. The number of nitrogens with zero attached hydrogens (tertiary/aromatic N) is 2. The van der Waals surface area contributed by atoms with Crippen LogP contribution in [0.15, 0.2) is 17.4 Å². The summed E-state index contributed by atoms with van der Waals surface area (Å²) in [4.78, 5) is 8.42. The van der Waals surface area contributed by atoms with Crippen LogP contribution in [0, 0.1) is 19.3 Å². The molecule has 0 aromatic carbocycles. The van der Waals surface area contributed by atoms with Crippen LogP contribution in [0.2, 0.25) is 0 Å². The second-order valence-electron chi connectivity index (χ2n) is 2.71. The van der Waals surface area contributed by atoms with Gasteiger partial charge in [-0.1, -0.05) is 17.7 Å². The van der Waals surface area contributed by atoms with Crippen molar-refractivity contribution < 1.29 is 0 Å². The van der Waals surface area contributed by atoms with E-state index >= 15 is 0 Å². The summed E-state index contributed by atoms with van der Waals surface area (Å²) >= 11 is 1.63. The molecule has 0 unspecified atom stereocenters. The first-order valence-electron chi connectivity index (χ1n) is 4.39. The van der Waals surface area contributed by atoms with Gasteiger partial charge in [-0.25, -0.2) is 9.97 Å². The van der Waals surface area contributed by atoms with Crippen molar-refractivity contribution in [3.8, 4) is 12.3 Å². The molecule has 1 aromatic rings. The third-order valence-electron chi connectivity index (χ3n) is 1.51. The van der Waals surface area contributed by atoms with Gasteiger partial charge in [0.05, 0.1) is 6.54 Å². The minimum Gasteiger partial charge on any atom is -0.305 e. The second kappa shape index (κ2) is 6.41. The summed E-state index contributed by atoms with van der Waals surface area (Å²) < 4.78 is 0. The molecule has 0 aliphatic heterocycles. The molecule has 1 heterocycles. The lowest BCUT2D eigenvalue weighted by Crippen LogP contribution is -2.17. The zero-order valence-corrected chi connectivity index (χ0v) is 8.97. The van der Waals surface area contributed by atoms with Crippen molar-refractivity contribution >= 4 is 11.8 Å². The average molecular weight is 207 g/mol. The van der Waals surface area contributed by atoms with Crippen molar-refractivity contribution in [1.29, 1.82) is 0 Å². The van der Waals surface area contributed by atoms with Gasteiger partial charge < -0.3 is 5.32 Å². The number of rotatable bonds is 5. The molecule has 4 heteroatoms. The zero-order chi connectivity index (χ0) is 10.2. The number of aromatic nitrogens is 2. The highest BCUT2D eigenvalue weighted by molar-refractivity contribution is 7.99. The summed E-state index contributed by atoms with van der Waals surface area (Å²) in [5.41, 5.74) is 0.999. The molecule has 0 amide bonds. The Kier molecular flexibility index (Phi) is 5.05. The summed E-state index contributed by atoms with van der Waals surface area (Å²) in [6.07, 6.45) is 6.88. The molecule has 0 saturated carbocycles. The van der Waals surface area contributed by atoms with Crippen molar-refractivity contribution in [2.45, 2.75) is 12.1 Å². The summed E-state index contributed by atoms with van der Waals surface area (Å²) in [6, 6.07) is 1.89. The molecule has 1 N–H and O–H groups in total. The van der Waals surface area contributed by atoms with E-state index < -0.39 is 0 Å². The lowest BCUT2D eigenvalue weighted by Gasteiger charge is -2.00. The number of aryl methyl sites for hydroxylation is 1. The summed E-state index contributed by atoms with van der Waals surface area (Å²) in [5, 5.41) is 3.93. The summed E-state index contributed by atoms with van der Waals surface area (Å²) in [5.74, 6) is 3.46. The fraction of sp³-hybridized carbons (Fsp3) is 0.400. The lowest BCUT2D eigenvalue weighted by atomic mass is 10.5. The minimum atomic E-state index is 0.620. The molecule has 74 valence electrons. The molecule has 0 radical (unpaired) electrons. The van der Waals surface area contributed by atoms with Crippen molar-refractivity contribution in [3.63, 3.8) is 0 Å². The van der Waals surface area contributed by atoms with E-state index in [0.29, 0.717) is 6.54 Å². The van der Waals surface area contributed by atoms with Gasteiger partial charge in [0.1, 0.15) is 0 Å². The third kappa shape index (κ3) is 4.26. The van der Waals surface area contributed by atoms with Gasteiger partial charge in [-0.05, 0) is 13.0 Å². The molecule has 1 aromatic heterocycles. The maximum Gasteiger partial charge on any atom is 0.187 e. The van der Waals surface area contributed by atoms with Gasteiger partial charge in [0.25, 0.3) is 0 Å². The molecular formula is C10H13N3S. The van der Waals surface area contributed by atoms with Crippen LogP contribution < -0.4 is 5.32 Å². The van der Waals surface area contributed by atoms with Crippen LogP contribution >= 0.6 is 11.8 Å². The normalized spacial score (nSPS) is 9.71. The van der Waals surface area contributed by atoms with Crippen LogP contribution in [-0.2, 0) is 0 Å². The van der Waals surface area contributed by atoms with Crippen LogP contribution in [-0.4, -0.2) is 28.8 Å². The Morgan fingerprint density at radius 3 is 3.21 bits per heavy atom. The standard InChI is InChI=1S/C10H13N3S/c1-3-5-11-7-8-14-10-12-6-4-9(2)13-10/h1,4,6,11H,5,7-8H2,2H3. The molecule has 0 bridgehead atoms. The molecule has 0 spiro atoms. The second-order valence-corrected chi connectivity index (χ2v) is 3.77. The first-order valence-corrected chi connectivity index (χ1v) is 5.38. The van der Waals surface area contributed by atoms with Crippen molar-refractivity contribution in [3.05, 3.63) is 18.0 Å². The van der Waals surface area contributed by atoms with Crippen LogP contribution in [0.3, 0.4) is 0 Å². The molecule has 0 atom stereocenters. The predicted octanol–water partition coefficient (Wildman–Crippen LogP) is 1.10. The van der Waals surface area contributed by atoms with Gasteiger partial charge in [0.15, 0.2) is 5.16 Å². The van der Waals surface area contributed by atoms with Gasteiger partial charge in [-0.2, -0.15) is 0 Å². The van der Waals surface area contributed by atoms with Gasteiger partial charge in [0, 0.05) is 24.2 Å². The third-order valence-corrected chi connectivity index (χ3v) is 2.37. The van der Waals surface area contributed by atoms with Crippen LogP contribution in [0.1, 0.15) is 5.69 Å². The SMILES string of the molecule is C#CCNCCSc1nccc(C)n1. The van der Waals surface area contributed by atoms with Crippen LogP contribution in [0.25, 0.3) is 0 Å². The summed E-state index contributed by atoms with van der Waals surface area (Å²) in [6.45, 7) is 3.46. The number of hydrogen-bond acceptors (Lipinski definition) is 4. The molecule has 0 aliphatic rings. The highest BCUT2D eigenvalue weighted by atomic mass is 32.2. The smallest absolute Gasteiger partial charge is 0.187 e. The molecule has 0 fully saturated rings. The van der Waals surface area contributed by atoms with E-state index in [9.17, 15) is 0 Å². The fourth-order valence-electron chi connectivity index (χ4n) is 0.870. The molecule has 3 nitrogen and oxygen atoms in total. The van der Waals surface area contributed by atoms with Crippen molar-refractivity contribution in [1.82, 2.24) is 15.3 Å². The monoisotopic (exact) mass is 207 g/mol. The van der Waals surface area contributed by atoms with E-state index in [0.717, 1.165) is 23.1 Å². The first-order chi connectivity index (χ1) is 6.83. The highest BCUT2D eigenvalue weighted by Crippen LogP contribution is 2.10. The quantitative estimate of drug-likeness (QED) is 0.339. The molecular weight excluding hydrogens is 194 g/mol. The van der Waals surface area contributed by atoms with Crippen molar-refractivity contribution in [2.75, 3.05) is 18.8 Å². The molecule has 0 saturated heterocycles. The Labute approximate surface area is 88.7 Å². The Hall–Kier alpha value is -1.05. The van der Waals surface area contributed by atoms with Crippen molar-refractivity contribution in [2.24, 2.45) is 0 Å². The molecule has 1 rings (SSSR count). The first kappa shape index (κ1) is 11.0. The molecule has 14 heavy (non-hydrogen) atoms. The Bertz CT molecular complexity index is 319. The topological polar surface area (TPSA) is 37.8 Å². The number of terminal acetylenes is 1. The van der Waals surface area contributed by atoms with Gasteiger partial charge in [0.2, 0.25) is 0 Å². The highest BCUT2D eigenvalue weighted by Gasteiger charge is 1.96. The Morgan fingerprint density at radius 2 is 2.50 bits per heavy atom. The summed E-state index contributed by atoms with van der Waals surface area (Å²) in [7, 11) is 0. The van der Waals surface area contributed by atoms with E-state index in [-0.39, 0.29) is 0 Å². The van der Waals surface area contributed by atoms with Gasteiger partial charge in [-0.3, -0.25) is 0 Å². The Morgan fingerprint density at radius 1 is 1.64 bits per heavy atom. The van der Waals surface area contributed by atoms with Crippen LogP contribution in [0.5, 0.6) is 0 Å². The number of hydrogen-bond donors (Lipinski definition) is 1. The van der Waals surface area contributed by atoms with Gasteiger partial charge in [-0.15, -0.1) is 6.42 Å². The number of nitrogens with one attached hydrogen (secondary N) is 1. The van der Waals surface area contributed by atoms with E-state index in [1.54, 1.807) is 18.0 Å². The zero-order valence-electron chi connectivity index (χ0n) is 8.16. The van der Waals surface area contributed by atoms with Gasteiger partial charge >= 0.3 is 0 Å². The minimum absolute atomic E-state index is 0.620. The largest absolute Gasteiger partial charge is 0.305 e. The van der Waals surface area contributed by atoms with E-state index in [2.05, 4.69) is 21.2 Å². The maximum absolute atomic E-state index is 5.10. The molecule has 0 aliphatic carbocycles. The predicted molar refractivity (Wildman–Crippen MR) is 59.2 cm³/mol. The maximum atomic E-state index is 5.10. The van der Waals surface area contributed by atoms with E-state index in [4.69, 9.17) is 6.42 Å². The van der Waals surface area contributed by atoms with E-state index in [1.165, 1.54) is 0 Å². The van der Waals surface area contributed by atoms with E-state index in [1.807, 2.05) is 13.0 Å². The lowest BCUT2D eigenvalue weighted by molar-refractivity contribution is 0.815. The Balaban J connectivity index is 2.22. The van der Waals surface area contributed by atoms with Crippen LogP contribution in [0.4, 0.5) is 0 Å². The average Bonchev–Trinajstić information content (AvgIpc) is 2.18. The number of thioether (sulfide) groups is 1.